The maximum absolute atomic E-state index is 5.90. The van der Waals surface area contributed by atoms with Gasteiger partial charge in [-0.15, -0.1) is 0 Å². The van der Waals surface area contributed by atoms with Crippen LogP contribution < -0.4 is 20.7 Å². The van der Waals surface area contributed by atoms with Crippen molar-refractivity contribution in [3.63, 3.8) is 0 Å². The Labute approximate surface area is 102 Å². The first-order valence-electron chi connectivity index (χ1n) is 6.23. The molecule has 3 N–H and O–H groups in total. The van der Waals surface area contributed by atoms with Crippen molar-refractivity contribution < 1.29 is 4.74 Å². The van der Waals surface area contributed by atoms with Crippen LogP contribution in [0, 0.1) is 12.8 Å². The van der Waals surface area contributed by atoms with Crippen LogP contribution in [0.5, 0.6) is 5.75 Å². The van der Waals surface area contributed by atoms with Gasteiger partial charge in [-0.05, 0) is 30.5 Å². The highest BCUT2D eigenvalue weighted by Gasteiger charge is 2.31. The lowest BCUT2D eigenvalue weighted by atomic mass is 10.1. The largest absolute Gasteiger partial charge is 0.465 e. The number of benzene rings is 1. The van der Waals surface area contributed by atoms with Crippen molar-refractivity contribution in [2.24, 2.45) is 5.92 Å². The molecule has 1 saturated heterocycles. The molecule has 1 unspecified atom stereocenters. The fourth-order valence-corrected chi connectivity index (χ4v) is 2.34. The third kappa shape index (κ3) is 2.10. The van der Waals surface area contributed by atoms with Crippen LogP contribution in [0.2, 0.25) is 0 Å². The van der Waals surface area contributed by atoms with Gasteiger partial charge in [0.2, 0.25) is 0 Å². The summed E-state index contributed by atoms with van der Waals surface area (Å²) in [6.45, 7) is 6.40. The lowest BCUT2D eigenvalue weighted by molar-refractivity contribution is 0.150. The second-order valence-corrected chi connectivity index (χ2v) is 5.08. The Morgan fingerprint density at radius 3 is 2.76 bits per heavy atom. The van der Waals surface area contributed by atoms with Gasteiger partial charge in [0, 0.05) is 13.1 Å². The summed E-state index contributed by atoms with van der Waals surface area (Å²) in [5.74, 6) is 1.63. The van der Waals surface area contributed by atoms with Crippen molar-refractivity contribution in [1.82, 2.24) is 10.6 Å². The molecule has 2 heterocycles. The van der Waals surface area contributed by atoms with Gasteiger partial charge < -0.3 is 10.1 Å². The Morgan fingerprint density at radius 2 is 2.00 bits per heavy atom. The highest BCUT2D eigenvalue weighted by atomic mass is 16.5. The summed E-state index contributed by atoms with van der Waals surface area (Å²) in [4.78, 5) is 0. The molecule has 0 aromatic heterocycles. The molecule has 1 atom stereocenters. The van der Waals surface area contributed by atoms with E-state index in [1.165, 1.54) is 5.56 Å². The van der Waals surface area contributed by atoms with E-state index in [0.29, 0.717) is 5.92 Å². The van der Waals surface area contributed by atoms with Gasteiger partial charge in [-0.2, -0.15) is 0 Å². The van der Waals surface area contributed by atoms with Gasteiger partial charge in [0.1, 0.15) is 11.9 Å². The fraction of sp³-hybridized carbons (Fsp3) is 0.538. The van der Waals surface area contributed by atoms with Crippen molar-refractivity contribution in [2.75, 3.05) is 18.4 Å². The van der Waals surface area contributed by atoms with Crippen molar-refractivity contribution in [3.05, 3.63) is 23.8 Å². The molecule has 0 aliphatic carbocycles. The van der Waals surface area contributed by atoms with E-state index in [9.17, 15) is 0 Å². The van der Waals surface area contributed by atoms with E-state index in [2.05, 4.69) is 41.9 Å². The SMILES string of the molecule is Cc1ccc2c(c1)NC(C1NCC(C)CN1)O2. The number of fused-ring (bicyclic) bond motifs is 1. The molecular formula is C13H19N3O. The number of aryl methyl sites for hydroxylation is 1. The summed E-state index contributed by atoms with van der Waals surface area (Å²) in [7, 11) is 0. The van der Waals surface area contributed by atoms with Crippen LogP contribution in [0.4, 0.5) is 5.69 Å². The average Bonchev–Trinajstić information content (AvgIpc) is 2.72. The third-order valence-corrected chi connectivity index (χ3v) is 3.36. The summed E-state index contributed by atoms with van der Waals surface area (Å²) >= 11 is 0. The van der Waals surface area contributed by atoms with Crippen LogP contribution in [-0.2, 0) is 0 Å². The Morgan fingerprint density at radius 1 is 1.24 bits per heavy atom. The maximum atomic E-state index is 5.90. The number of nitrogens with one attached hydrogen (secondary N) is 3. The molecule has 0 saturated carbocycles. The van der Waals surface area contributed by atoms with E-state index in [1.807, 2.05) is 6.07 Å². The molecule has 2 aliphatic heterocycles. The Hall–Kier alpha value is -1.26. The molecule has 1 aromatic carbocycles. The standard InChI is InChI=1S/C13H19N3O/c1-8-3-4-11-10(5-8)16-13(17-11)12-14-6-9(2)7-15-12/h3-5,9,12-16H,6-7H2,1-2H3. The van der Waals surface area contributed by atoms with E-state index in [1.54, 1.807) is 0 Å². The van der Waals surface area contributed by atoms with Crippen molar-refractivity contribution in [1.29, 1.82) is 0 Å². The zero-order valence-corrected chi connectivity index (χ0v) is 10.3. The molecule has 4 nitrogen and oxygen atoms in total. The summed E-state index contributed by atoms with van der Waals surface area (Å²) < 4.78 is 5.90. The van der Waals surface area contributed by atoms with E-state index in [4.69, 9.17) is 4.74 Å². The number of anilines is 1. The minimum absolute atomic E-state index is 0.0145. The zero-order chi connectivity index (χ0) is 11.8. The molecule has 0 amide bonds. The van der Waals surface area contributed by atoms with Crippen LogP contribution in [-0.4, -0.2) is 25.5 Å². The lowest BCUT2D eigenvalue weighted by Gasteiger charge is -2.32. The number of hydrogen-bond acceptors (Lipinski definition) is 4. The molecule has 92 valence electrons. The number of rotatable bonds is 1. The minimum atomic E-state index is -0.0145. The van der Waals surface area contributed by atoms with Crippen molar-refractivity contribution in [2.45, 2.75) is 26.2 Å². The van der Waals surface area contributed by atoms with Gasteiger partial charge in [0.15, 0.2) is 6.23 Å². The van der Waals surface area contributed by atoms with Crippen LogP contribution >= 0.6 is 0 Å². The molecular weight excluding hydrogens is 214 g/mol. The van der Waals surface area contributed by atoms with E-state index < -0.39 is 0 Å². The summed E-state index contributed by atoms with van der Waals surface area (Å²) in [6, 6.07) is 6.23. The van der Waals surface area contributed by atoms with Crippen molar-refractivity contribution >= 4 is 5.69 Å². The minimum Gasteiger partial charge on any atom is -0.465 e. The van der Waals surface area contributed by atoms with E-state index in [0.717, 1.165) is 24.5 Å². The number of hydrogen-bond donors (Lipinski definition) is 3. The molecule has 2 aliphatic rings. The van der Waals surface area contributed by atoms with Crippen LogP contribution in [0.1, 0.15) is 12.5 Å². The van der Waals surface area contributed by atoms with Gasteiger partial charge in [0.25, 0.3) is 0 Å². The first-order valence-corrected chi connectivity index (χ1v) is 6.23. The van der Waals surface area contributed by atoms with Gasteiger partial charge >= 0.3 is 0 Å². The smallest absolute Gasteiger partial charge is 0.198 e. The highest BCUT2D eigenvalue weighted by Crippen LogP contribution is 2.33. The fourth-order valence-electron chi connectivity index (χ4n) is 2.34. The third-order valence-electron chi connectivity index (χ3n) is 3.36. The topological polar surface area (TPSA) is 45.3 Å². The molecule has 0 spiro atoms. The molecule has 1 fully saturated rings. The zero-order valence-electron chi connectivity index (χ0n) is 10.3. The quantitative estimate of drug-likeness (QED) is 0.684. The first-order chi connectivity index (χ1) is 8.22. The lowest BCUT2D eigenvalue weighted by Crippen LogP contribution is -2.60. The van der Waals surface area contributed by atoms with Crippen LogP contribution in [0.3, 0.4) is 0 Å². The summed E-state index contributed by atoms with van der Waals surface area (Å²) in [6.07, 6.45) is 0.165. The second-order valence-electron chi connectivity index (χ2n) is 5.08. The highest BCUT2D eigenvalue weighted by molar-refractivity contribution is 5.61. The van der Waals surface area contributed by atoms with E-state index >= 15 is 0 Å². The van der Waals surface area contributed by atoms with Gasteiger partial charge in [-0.25, -0.2) is 0 Å². The normalized spacial score (nSPS) is 31.5. The Kier molecular flexibility index (Phi) is 2.68. The molecule has 0 radical (unpaired) electrons. The summed E-state index contributed by atoms with van der Waals surface area (Å²) in [5.41, 5.74) is 2.34. The Balaban J connectivity index is 1.69. The maximum Gasteiger partial charge on any atom is 0.198 e. The monoisotopic (exact) mass is 233 g/mol. The van der Waals surface area contributed by atoms with E-state index in [-0.39, 0.29) is 12.4 Å². The second kappa shape index (κ2) is 4.20. The predicted octanol–water partition coefficient (Wildman–Crippen LogP) is 1.28. The molecule has 17 heavy (non-hydrogen) atoms. The Bertz CT molecular complexity index is 413. The van der Waals surface area contributed by atoms with Crippen LogP contribution in [0.25, 0.3) is 0 Å². The van der Waals surface area contributed by atoms with Gasteiger partial charge in [0.05, 0.1) is 5.69 Å². The summed E-state index contributed by atoms with van der Waals surface area (Å²) in [5, 5.41) is 10.3. The van der Waals surface area contributed by atoms with Gasteiger partial charge in [-0.1, -0.05) is 13.0 Å². The molecule has 3 rings (SSSR count). The van der Waals surface area contributed by atoms with Gasteiger partial charge in [-0.3, -0.25) is 10.6 Å². The predicted molar refractivity (Wildman–Crippen MR) is 68.2 cm³/mol. The van der Waals surface area contributed by atoms with Crippen LogP contribution in [0.15, 0.2) is 18.2 Å². The molecule has 1 aromatic rings. The van der Waals surface area contributed by atoms with Crippen molar-refractivity contribution in [3.8, 4) is 5.75 Å². The first kappa shape index (κ1) is 10.9. The molecule has 0 bridgehead atoms. The number of ether oxygens (including phenoxy) is 1. The average molecular weight is 233 g/mol. The molecule has 4 heteroatoms.